The van der Waals surface area contributed by atoms with Crippen molar-refractivity contribution >= 4 is 12.0 Å². The average Bonchev–Trinajstić information content (AvgIpc) is 2.79. The highest BCUT2D eigenvalue weighted by Gasteiger charge is 2.12. The largest absolute Gasteiger partial charge is 0.493 e. The van der Waals surface area contributed by atoms with Crippen molar-refractivity contribution in [1.29, 1.82) is 0 Å². The maximum absolute atomic E-state index is 11.8. The van der Waals surface area contributed by atoms with Gasteiger partial charge in [-0.2, -0.15) is 0 Å². The van der Waals surface area contributed by atoms with E-state index < -0.39 is 5.97 Å². The van der Waals surface area contributed by atoms with E-state index in [1.54, 1.807) is 70.9 Å². The summed E-state index contributed by atoms with van der Waals surface area (Å²) in [6.07, 6.45) is 3.47. The molecule has 158 valence electrons. The zero-order valence-electron chi connectivity index (χ0n) is 17.6. The summed E-state index contributed by atoms with van der Waals surface area (Å²) in [5, 5.41) is 0. The molecule has 0 aliphatic heterocycles. The van der Waals surface area contributed by atoms with Crippen LogP contribution >= 0.6 is 0 Å². The predicted molar refractivity (Wildman–Crippen MR) is 113 cm³/mol. The van der Waals surface area contributed by atoms with E-state index >= 15 is 0 Å². The molecule has 7 nitrogen and oxygen atoms in total. The first kappa shape index (κ1) is 22.5. The second-order valence-electron chi connectivity index (χ2n) is 5.78. The topological polar surface area (TPSA) is 72.5 Å². The molecule has 0 bridgehead atoms. The molecule has 0 unspecified atom stereocenters. The molecule has 0 spiro atoms. The van der Waals surface area contributed by atoms with Crippen molar-refractivity contribution in [3.63, 3.8) is 0 Å². The van der Waals surface area contributed by atoms with Gasteiger partial charge in [-0.05, 0) is 42.0 Å². The van der Waals surface area contributed by atoms with Crippen LogP contribution in [0.2, 0.25) is 0 Å². The summed E-state index contributed by atoms with van der Waals surface area (Å²) in [4.78, 5) is 11.8. The summed E-state index contributed by atoms with van der Waals surface area (Å²) in [5.41, 5.74) is 1.41. The van der Waals surface area contributed by atoms with Gasteiger partial charge in [-0.1, -0.05) is 12.0 Å². The van der Waals surface area contributed by atoms with Gasteiger partial charge in [0.1, 0.15) is 6.61 Å². The third-order valence-electron chi connectivity index (χ3n) is 4.00. The van der Waals surface area contributed by atoms with Crippen LogP contribution in [0.1, 0.15) is 11.1 Å². The normalized spacial score (nSPS) is 10.0. The Morgan fingerprint density at radius 1 is 0.833 bits per heavy atom. The van der Waals surface area contributed by atoms with Crippen molar-refractivity contribution in [2.75, 3.05) is 42.2 Å². The summed E-state index contributed by atoms with van der Waals surface area (Å²) >= 11 is 0. The van der Waals surface area contributed by atoms with Gasteiger partial charge in [0.05, 0.1) is 35.5 Å². The van der Waals surface area contributed by atoms with Gasteiger partial charge in [0.2, 0.25) is 5.75 Å². The van der Waals surface area contributed by atoms with E-state index in [2.05, 4.69) is 11.8 Å². The minimum atomic E-state index is -0.640. The Bertz CT molecular complexity index is 942. The van der Waals surface area contributed by atoms with Gasteiger partial charge in [-0.25, -0.2) is 4.79 Å². The standard InChI is InChI=1S/C23H24O7/c1-25-18-10-8-16(13-19(18)26-2)9-11-22(24)30-12-6-7-17-14-20(27-3)23(29-5)21(15-17)28-4/h6-8,10,13-15H,12H2,1-5H3/b7-6+. The number of hydrogen-bond acceptors (Lipinski definition) is 7. The lowest BCUT2D eigenvalue weighted by Crippen LogP contribution is -2.01. The van der Waals surface area contributed by atoms with Crippen LogP contribution in [0.15, 0.2) is 36.4 Å². The Balaban J connectivity index is 1.98. The molecule has 2 rings (SSSR count). The number of carbonyl (C=O) groups is 1. The molecule has 0 amide bonds. The number of methoxy groups -OCH3 is 5. The fraction of sp³-hybridized carbons (Fsp3) is 0.261. The van der Waals surface area contributed by atoms with Crippen molar-refractivity contribution in [2.45, 2.75) is 0 Å². The molecule has 0 heterocycles. The minimum absolute atomic E-state index is 0.0656. The van der Waals surface area contributed by atoms with Gasteiger partial charge in [-0.15, -0.1) is 0 Å². The van der Waals surface area contributed by atoms with E-state index in [9.17, 15) is 4.79 Å². The van der Waals surface area contributed by atoms with Crippen LogP contribution in [-0.4, -0.2) is 48.1 Å². The molecule has 0 radical (unpaired) electrons. The number of ether oxygens (including phenoxy) is 6. The Kier molecular flexibility index (Phi) is 8.45. The van der Waals surface area contributed by atoms with Crippen LogP contribution in [0.3, 0.4) is 0 Å². The molecule has 2 aromatic carbocycles. The number of rotatable bonds is 8. The lowest BCUT2D eigenvalue weighted by Gasteiger charge is -2.12. The summed E-state index contributed by atoms with van der Waals surface area (Å²) in [7, 11) is 7.71. The van der Waals surface area contributed by atoms with Gasteiger partial charge in [0.15, 0.2) is 23.0 Å². The van der Waals surface area contributed by atoms with E-state index in [0.29, 0.717) is 34.3 Å². The first-order valence-corrected chi connectivity index (χ1v) is 8.93. The third kappa shape index (κ3) is 5.85. The van der Waals surface area contributed by atoms with Crippen molar-refractivity contribution < 1.29 is 33.2 Å². The molecule has 0 saturated carbocycles. The minimum Gasteiger partial charge on any atom is -0.493 e. The summed E-state index contributed by atoms with van der Waals surface area (Å²) in [5.74, 6) is 7.24. The van der Waals surface area contributed by atoms with Crippen molar-refractivity contribution in [1.82, 2.24) is 0 Å². The van der Waals surface area contributed by atoms with E-state index in [0.717, 1.165) is 5.56 Å². The molecule has 7 heteroatoms. The Morgan fingerprint density at radius 3 is 2.03 bits per heavy atom. The maximum atomic E-state index is 11.8. The first-order valence-electron chi connectivity index (χ1n) is 8.93. The van der Waals surface area contributed by atoms with Crippen LogP contribution in [0.25, 0.3) is 6.08 Å². The SMILES string of the molecule is COc1ccc(C#CC(=O)OC/C=C/c2cc(OC)c(OC)c(OC)c2)cc1OC. The molecule has 30 heavy (non-hydrogen) atoms. The van der Waals surface area contributed by atoms with Crippen LogP contribution in [0.5, 0.6) is 28.7 Å². The highest BCUT2D eigenvalue weighted by Crippen LogP contribution is 2.38. The summed E-state index contributed by atoms with van der Waals surface area (Å²) < 4.78 is 31.4. The number of benzene rings is 2. The van der Waals surface area contributed by atoms with E-state index in [-0.39, 0.29) is 6.61 Å². The first-order chi connectivity index (χ1) is 14.6. The average molecular weight is 412 g/mol. The van der Waals surface area contributed by atoms with Gasteiger partial charge in [-0.3, -0.25) is 0 Å². The third-order valence-corrected chi connectivity index (χ3v) is 4.00. The van der Waals surface area contributed by atoms with Gasteiger partial charge >= 0.3 is 5.97 Å². The second kappa shape index (κ2) is 11.3. The number of carbonyl (C=O) groups excluding carboxylic acids is 1. The second-order valence-corrected chi connectivity index (χ2v) is 5.78. The van der Waals surface area contributed by atoms with Crippen molar-refractivity contribution in [3.8, 4) is 40.6 Å². The maximum Gasteiger partial charge on any atom is 0.385 e. The smallest absolute Gasteiger partial charge is 0.385 e. The van der Waals surface area contributed by atoms with Gasteiger partial charge in [0.25, 0.3) is 0 Å². The zero-order chi connectivity index (χ0) is 21.9. The molecule has 2 aromatic rings. The van der Waals surface area contributed by atoms with Crippen LogP contribution < -0.4 is 23.7 Å². The lowest BCUT2D eigenvalue weighted by atomic mass is 10.1. The number of esters is 1. The summed E-state index contributed by atoms with van der Waals surface area (Å²) in [6, 6.07) is 8.71. The van der Waals surface area contributed by atoms with Crippen molar-refractivity contribution in [2.24, 2.45) is 0 Å². The molecule has 0 N–H and O–H groups in total. The molecule has 0 fully saturated rings. The molecular weight excluding hydrogens is 388 g/mol. The van der Waals surface area contributed by atoms with E-state index in [4.69, 9.17) is 28.4 Å². The predicted octanol–water partition coefficient (Wildman–Crippen LogP) is 3.34. The van der Waals surface area contributed by atoms with E-state index in [1.807, 2.05) is 0 Å². The van der Waals surface area contributed by atoms with Gasteiger partial charge < -0.3 is 28.4 Å². The Hall–Kier alpha value is -3.79. The zero-order valence-corrected chi connectivity index (χ0v) is 17.6. The molecule has 0 aliphatic carbocycles. The summed E-state index contributed by atoms with van der Waals surface area (Å²) in [6.45, 7) is 0.0656. The highest BCUT2D eigenvalue weighted by molar-refractivity contribution is 5.89. The van der Waals surface area contributed by atoms with Crippen LogP contribution in [-0.2, 0) is 9.53 Å². The quantitative estimate of drug-likeness (QED) is 0.486. The van der Waals surface area contributed by atoms with Crippen molar-refractivity contribution in [3.05, 3.63) is 47.5 Å². The Labute approximate surface area is 176 Å². The highest BCUT2D eigenvalue weighted by atomic mass is 16.5. The van der Waals surface area contributed by atoms with E-state index in [1.165, 1.54) is 7.11 Å². The fourth-order valence-electron chi connectivity index (χ4n) is 2.58. The Morgan fingerprint density at radius 2 is 1.47 bits per heavy atom. The molecule has 0 saturated heterocycles. The number of hydrogen-bond donors (Lipinski definition) is 0. The molecular formula is C23H24O7. The lowest BCUT2D eigenvalue weighted by molar-refractivity contribution is -0.135. The molecule has 0 aromatic heterocycles. The van der Waals surface area contributed by atoms with Crippen LogP contribution in [0.4, 0.5) is 0 Å². The van der Waals surface area contributed by atoms with Gasteiger partial charge in [0, 0.05) is 11.5 Å². The molecule has 0 atom stereocenters. The molecule has 0 aliphatic rings. The van der Waals surface area contributed by atoms with Crippen LogP contribution in [0, 0.1) is 11.8 Å². The monoisotopic (exact) mass is 412 g/mol. The fourth-order valence-corrected chi connectivity index (χ4v) is 2.58.